The molecule has 7 nitrogen and oxygen atoms in total. The molecule has 4 heterocycles. The number of H-pyrrole nitrogens is 1. The zero-order valence-electron chi connectivity index (χ0n) is 20.6. The standard InChI is InChI=1S/C28H26F2N6O/c1-32-12-16-7-21(29)26(22(30)8-16)27-18(11-31)9-23-28(34-27)20(13-33-23)17-3-4-24-25(10-17)37-15-19-14-35(2)5-6-36(19)24/h3-4,7-10,13,19,32-33H,5-6,12,14-15H2,1-2H3. The Hall–Kier alpha value is -4.00. The number of likely N-dealkylation sites (N-methyl/N-ethyl adjacent to an activating group) is 1. The molecule has 2 N–H and O–H groups in total. The largest absolute Gasteiger partial charge is 0.489 e. The Labute approximate surface area is 213 Å². The average Bonchev–Trinajstić information content (AvgIpc) is 3.30. The molecule has 37 heavy (non-hydrogen) atoms. The van der Waals surface area contributed by atoms with Crippen molar-refractivity contribution >= 4 is 16.7 Å². The summed E-state index contributed by atoms with van der Waals surface area (Å²) in [7, 11) is 3.83. The molecule has 1 fully saturated rings. The van der Waals surface area contributed by atoms with E-state index in [1.165, 1.54) is 12.1 Å². The van der Waals surface area contributed by atoms with Crippen LogP contribution >= 0.6 is 0 Å². The monoisotopic (exact) mass is 500 g/mol. The average molecular weight is 501 g/mol. The van der Waals surface area contributed by atoms with Gasteiger partial charge >= 0.3 is 0 Å². The fourth-order valence-corrected chi connectivity index (χ4v) is 5.39. The Balaban J connectivity index is 1.44. The molecule has 2 aromatic heterocycles. The van der Waals surface area contributed by atoms with Crippen LogP contribution in [0.5, 0.6) is 5.75 Å². The number of nitriles is 1. The Morgan fingerprint density at radius 3 is 2.76 bits per heavy atom. The minimum Gasteiger partial charge on any atom is -0.489 e. The fourth-order valence-electron chi connectivity index (χ4n) is 5.39. The highest BCUT2D eigenvalue weighted by Crippen LogP contribution is 2.40. The predicted molar refractivity (Wildman–Crippen MR) is 138 cm³/mol. The maximum absolute atomic E-state index is 15.1. The van der Waals surface area contributed by atoms with Crippen LogP contribution in [-0.4, -0.2) is 61.2 Å². The number of halogens is 2. The molecule has 2 aliphatic rings. The van der Waals surface area contributed by atoms with E-state index < -0.39 is 11.6 Å². The molecule has 0 aliphatic carbocycles. The molecule has 0 saturated carbocycles. The third-order valence-electron chi connectivity index (χ3n) is 7.19. The Kier molecular flexibility index (Phi) is 5.78. The highest BCUT2D eigenvalue weighted by Gasteiger charge is 2.32. The van der Waals surface area contributed by atoms with Crippen LogP contribution in [0.3, 0.4) is 0 Å². The van der Waals surface area contributed by atoms with Gasteiger partial charge in [-0.2, -0.15) is 5.26 Å². The number of aromatic amines is 1. The number of ether oxygens (including phenoxy) is 1. The van der Waals surface area contributed by atoms with Crippen molar-refractivity contribution in [1.82, 2.24) is 20.2 Å². The maximum atomic E-state index is 15.1. The lowest BCUT2D eigenvalue weighted by Crippen LogP contribution is -2.56. The van der Waals surface area contributed by atoms with Crippen LogP contribution in [0, 0.1) is 23.0 Å². The quantitative estimate of drug-likeness (QED) is 0.436. The molecule has 1 unspecified atom stereocenters. The van der Waals surface area contributed by atoms with E-state index in [1.54, 1.807) is 19.3 Å². The summed E-state index contributed by atoms with van der Waals surface area (Å²) < 4.78 is 36.3. The van der Waals surface area contributed by atoms with Gasteiger partial charge in [0.2, 0.25) is 0 Å². The lowest BCUT2D eigenvalue weighted by atomic mass is 10.0. The van der Waals surface area contributed by atoms with E-state index in [0.717, 1.165) is 42.2 Å². The van der Waals surface area contributed by atoms with Crippen molar-refractivity contribution < 1.29 is 13.5 Å². The summed E-state index contributed by atoms with van der Waals surface area (Å²) >= 11 is 0. The van der Waals surface area contributed by atoms with Gasteiger partial charge in [-0.25, -0.2) is 13.8 Å². The predicted octanol–water partition coefficient (Wildman–Crippen LogP) is 4.28. The number of nitrogens with one attached hydrogen (secondary N) is 2. The molecule has 1 saturated heterocycles. The summed E-state index contributed by atoms with van der Waals surface area (Å²) in [6.45, 7) is 3.83. The highest BCUT2D eigenvalue weighted by molar-refractivity contribution is 5.95. The second-order valence-corrected chi connectivity index (χ2v) is 9.66. The van der Waals surface area contributed by atoms with Crippen LogP contribution < -0.4 is 15.0 Å². The van der Waals surface area contributed by atoms with Crippen LogP contribution in [-0.2, 0) is 6.54 Å². The molecular formula is C28H26F2N6O. The van der Waals surface area contributed by atoms with Crippen LogP contribution in [0.2, 0.25) is 0 Å². The molecule has 6 rings (SSSR count). The third-order valence-corrected chi connectivity index (χ3v) is 7.19. The first-order valence-electron chi connectivity index (χ1n) is 12.2. The van der Waals surface area contributed by atoms with E-state index in [1.807, 2.05) is 18.2 Å². The number of hydrogen-bond acceptors (Lipinski definition) is 6. The first-order valence-corrected chi connectivity index (χ1v) is 12.2. The molecule has 0 radical (unpaired) electrons. The lowest BCUT2D eigenvalue weighted by Gasteiger charge is -2.44. The molecule has 2 aromatic carbocycles. The maximum Gasteiger partial charge on any atom is 0.143 e. The number of piperazine rings is 1. The zero-order valence-corrected chi connectivity index (χ0v) is 20.6. The summed E-state index contributed by atoms with van der Waals surface area (Å²) in [6, 6.07) is 12.6. The number of anilines is 1. The number of nitrogens with zero attached hydrogens (tertiary/aromatic N) is 4. The number of hydrogen-bond donors (Lipinski definition) is 2. The van der Waals surface area contributed by atoms with E-state index in [0.29, 0.717) is 35.8 Å². The molecule has 0 amide bonds. The van der Waals surface area contributed by atoms with E-state index in [4.69, 9.17) is 4.74 Å². The van der Waals surface area contributed by atoms with Crippen molar-refractivity contribution in [2.75, 3.05) is 45.2 Å². The Bertz CT molecular complexity index is 1540. The first-order chi connectivity index (χ1) is 18.0. The molecule has 0 spiro atoms. The van der Waals surface area contributed by atoms with Gasteiger partial charge in [-0.3, -0.25) is 0 Å². The van der Waals surface area contributed by atoms with E-state index in [9.17, 15) is 5.26 Å². The molecule has 1 atom stereocenters. The van der Waals surface area contributed by atoms with Gasteiger partial charge in [-0.1, -0.05) is 6.07 Å². The van der Waals surface area contributed by atoms with Gasteiger partial charge in [0, 0.05) is 37.9 Å². The first kappa shape index (κ1) is 23.4. The third kappa shape index (κ3) is 3.99. The fraction of sp³-hybridized carbons (Fsp3) is 0.286. The van der Waals surface area contributed by atoms with Gasteiger partial charge in [-0.05, 0) is 55.6 Å². The molecule has 188 valence electrons. The molecule has 2 aliphatic heterocycles. The van der Waals surface area contributed by atoms with Gasteiger partial charge in [0.1, 0.15) is 30.1 Å². The van der Waals surface area contributed by atoms with Gasteiger partial charge in [0.05, 0.1) is 39.6 Å². The number of fused-ring (bicyclic) bond motifs is 4. The summed E-state index contributed by atoms with van der Waals surface area (Å²) in [5.41, 5.74) is 4.08. The summed E-state index contributed by atoms with van der Waals surface area (Å²) in [5, 5.41) is 12.6. The van der Waals surface area contributed by atoms with Crippen LogP contribution in [0.4, 0.5) is 14.5 Å². The lowest BCUT2D eigenvalue weighted by molar-refractivity contribution is 0.188. The smallest absolute Gasteiger partial charge is 0.143 e. The second kappa shape index (κ2) is 9.14. The molecule has 4 aromatic rings. The number of pyridine rings is 1. The Morgan fingerprint density at radius 1 is 1.19 bits per heavy atom. The van der Waals surface area contributed by atoms with E-state index in [2.05, 4.69) is 38.2 Å². The minimum atomic E-state index is -0.755. The summed E-state index contributed by atoms with van der Waals surface area (Å²) in [4.78, 5) is 12.5. The Morgan fingerprint density at radius 2 is 2.00 bits per heavy atom. The van der Waals surface area contributed by atoms with Gasteiger partial charge in [-0.15, -0.1) is 0 Å². The van der Waals surface area contributed by atoms with Crippen molar-refractivity contribution in [1.29, 1.82) is 5.26 Å². The van der Waals surface area contributed by atoms with Gasteiger partial charge < -0.3 is 24.8 Å². The molecular weight excluding hydrogens is 474 g/mol. The SMILES string of the molecule is CNCc1cc(F)c(-c2nc3c(-c4ccc5c(c4)OCC4CN(C)CCN54)c[nH]c3cc2C#N)c(F)c1. The van der Waals surface area contributed by atoms with Gasteiger partial charge in [0.25, 0.3) is 0 Å². The van der Waals surface area contributed by atoms with Crippen LogP contribution in [0.1, 0.15) is 11.1 Å². The van der Waals surface area contributed by atoms with Crippen LogP contribution in [0.15, 0.2) is 42.6 Å². The summed E-state index contributed by atoms with van der Waals surface area (Å²) in [5.74, 6) is -0.706. The van der Waals surface area contributed by atoms with Crippen molar-refractivity contribution in [2.24, 2.45) is 0 Å². The van der Waals surface area contributed by atoms with Crippen LogP contribution in [0.25, 0.3) is 33.4 Å². The summed E-state index contributed by atoms with van der Waals surface area (Å²) in [6.07, 6.45) is 1.80. The van der Waals surface area contributed by atoms with Crippen molar-refractivity contribution in [3.8, 4) is 34.2 Å². The number of aromatic nitrogens is 2. The van der Waals surface area contributed by atoms with Gasteiger partial charge in [0.15, 0.2) is 0 Å². The van der Waals surface area contributed by atoms with Crippen molar-refractivity contribution in [2.45, 2.75) is 12.6 Å². The van der Waals surface area contributed by atoms with E-state index in [-0.39, 0.29) is 16.8 Å². The highest BCUT2D eigenvalue weighted by atomic mass is 19.1. The number of benzene rings is 2. The van der Waals surface area contributed by atoms with Crippen molar-refractivity contribution in [3.63, 3.8) is 0 Å². The topological polar surface area (TPSA) is 80.2 Å². The molecule has 9 heteroatoms. The van der Waals surface area contributed by atoms with E-state index >= 15 is 8.78 Å². The van der Waals surface area contributed by atoms with Crippen molar-refractivity contribution in [3.05, 3.63) is 65.4 Å². The minimum absolute atomic E-state index is 0.0173. The normalized spacial score (nSPS) is 17.3. The zero-order chi connectivity index (χ0) is 25.7. The number of rotatable bonds is 4. The second-order valence-electron chi connectivity index (χ2n) is 9.66. The molecule has 0 bridgehead atoms.